The van der Waals surface area contributed by atoms with Crippen LogP contribution in [0.2, 0.25) is 0 Å². The lowest BCUT2D eigenvalue weighted by Crippen LogP contribution is -2.07. The van der Waals surface area contributed by atoms with Crippen LogP contribution >= 0.6 is 0 Å². The molecule has 0 N–H and O–H groups in total. The van der Waals surface area contributed by atoms with E-state index in [-0.39, 0.29) is 0 Å². The van der Waals surface area contributed by atoms with Crippen molar-refractivity contribution in [2.45, 2.75) is 0 Å². The minimum atomic E-state index is -0.682. The predicted octanol–water partition coefficient (Wildman–Crippen LogP) is 0.772. The molecule has 0 aliphatic heterocycles. The van der Waals surface area contributed by atoms with Crippen LogP contribution in [0, 0.1) is 11.3 Å². The number of halogens is 1. The van der Waals surface area contributed by atoms with Crippen molar-refractivity contribution in [3.8, 4) is 6.07 Å². The molecule has 0 aliphatic carbocycles. The Kier molecular flexibility index (Phi) is 2.18. The summed E-state index contributed by atoms with van der Waals surface area (Å²) in [5.74, 6) is 0. The molecule has 0 aromatic heterocycles. The van der Waals surface area contributed by atoms with Gasteiger partial charge in [0.2, 0.25) is 0 Å². The molecular weight excluding hydrogens is 145 g/mol. The lowest BCUT2D eigenvalue weighted by molar-refractivity contribution is 0.885. The minimum absolute atomic E-state index is 0.571. The first-order valence-electron chi connectivity index (χ1n) is 2.73. The normalized spacial score (nSPS) is 8.80. The molecule has 0 bridgehead atoms. The Morgan fingerprint density at radius 3 is 2.30 bits per heavy atom. The average Bonchev–Trinajstić information content (AvgIpc) is 2.05. The zero-order valence-corrected chi connectivity index (χ0v) is 6.13. The second-order valence-electron chi connectivity index (χ2n) is 1.78. The van der Waals surface area contributed by atoms with Crippen molar-refractivity contribution in [3.05, 3.63) is 29.8 Å². The number of nitriles is 1. The van der Waals surface area contributed by atoms with Crippen molar-refractivity contribution >= 4 is 15.0 Å². The van der Waals surface area contributed by atoms with Gasteiger partial charge < -0.3 is 4.11 Å². The molecule has 0 aliphatic rings. The van der Waals surface area contributed by atoms with Gasteiger partial charge in [-0.05, 0) is 17.3 Å². The average molecular weight is 149 g/mol. The molecule has 1 aromatic rings. The van der Waals surface area contributed by atoms with Crippen molar-refractivity contribution < 1.29 is 4.11 Å². The topological polar surface area (TPSA) is 23.8 Å². The second kappa shape index (κ2) is 3.13. The van der Waals surface area contributed by atoms with Crippen molar-refractivity contribution in [1.29, 1.82) is 5.26 Å². The van der Waals surface area contributed by atoms with Crippen molar-refractivity contribution in [3.63, 3.8) is 0 Å². The Balaban J connectivity index is 2.93. The third kappa shape index (κ3) is 1.42. The predicted molar refractivity (Wildman–Crippen MR) is 37.7 cm³/mol. The minimum Gasteiger partial charge on any atom is -0.308 e. The molecule has 0 heterocycles. The lowest BCUT2D eigenvalue weighted by atomic mass is 10.2. The highest BCUT2D eigenvalue weighted by Gasteiger charge is 1.93. The first kappa shape index (κ1) is 6.97. The van der Waals surface area contributed by atoms with Crippen LogP contribution in [0.25, 0.3) is 0 Å². The largest absolute Gasteiger partial charge is 0.333 e. The molecule has 1 aromatic carbocycles. The Bertz CT molecular complexity index is 249. The van der Waals surface area contributed by atoms with Gasteiger partial charge in [-0.1, -0.05) is 12.1 Å². The zero-order valence-electron chi connectivity index (χ0n) is 5.13. The van der Waals surface area contributed by atoms with E-state index < -0.39 is 9.85 Å². The molecule has 3 heteroatoms. The van der Waals surface area contributed by atoms with E-state index in [9.17, 15) is 4.11 Å². The maximum absolute atomic E-state index is 11.9. The molecule has 1 nitrogen and oxygen atoms in total. The molecule has 0 spiro atoms. The van der Waals surface area contributed by atoms with Gasteiger partial charge in [-0.25, -0.2) is 0 Å². The highest BCUT2D eigenvalue weighted by Crippen LogP contribution is 1.92. The van der Waals surface area contributed by atoms with Gasteiger partial charge in [-0.3, -0.25) is 0 Å². The molecule has 0 amide bonds. The quantitative estimate of drug-likeness (QED) is 0.427. The van der Waals surface area contributed by atoms with E-state index in [1.54, 1.807) is 24.3 Å². The van der Waals surface area contributed by atoms with Gasteiger partial charge in [0, 0.05) is 0 Å². The lowest BCUT2D eigenvalue weighted by Gasteiger charge is -1.89. The summed E-state index contributed by atoms with van der Waals surface area (Å²) in [7, 11) is -0.682. The summed E-state index contributed by atoms with van der Waals surface area (Å²) in [5, 5.41) is 9.00. The summed E-state index contributed by atoms with van der Waals surface area (Å²) >= 11 is 0. The van der Waals surface area contributed by atoms with Crippen LogP contribution in [0.1, 0.15) is 5.56 Å². The molecule has 0 saturated heterocycles. The maximum atomic E-state index is 11.9. The summed E-state index contributed by atoms with van der Waals surface area (Å²) in [4.78, 5) is 0. The van der Waals surface area contributed by atoms with Crippen LogP contribution in [0.4, 0.5) is 4.11 Å². The van der Waals surface area contributed by atoms with E-state index in [0.29, 0.717) is 10.8 Å². The van der Waals surface area contributed by atoms with Crippen LogP contribution < -0.4 is 5.19 Å². The Hall–Kier alpha value is -1.14. The monoisotopic (exact) mass is 149 g/mol. The summed E-state index contributed by atoms with van der Waals surface area (Å²) in [6, 6.07) is 8.43. The van der Waals surface area contributed by atoms with Gasteiger partial charge in [0.15, 0.2) is 0 Å². The van der Waals surface area contributed by atoms with Crippen LogP contribution in [0.15, 0.2) is 24.3 Å². The highest BCUT2D eigenvalue weighted by molar-refractivity contribution is 6.46. The fourth-order valence-electron chi connectivity index (χ4n) is 0.608. The molecule has 0 fully saturated rings. The molecule has 48 valence electrons. The number of hydrogen-bond donors (Lipinski definition) is 0. The van der Waals surface area contributed by atoms with Gasteiger partial charge in [-0.2, -0.15) is 5.26 Å². The van der Waals surface area contributed by atoms with Gasteiger partial charge >= 0.3 is 9.85 Å². The SMILES string of the molecule is N#Cc1ccc([Si]F)cc1. The van der Waals surface area contributed by atoms with E-state index >= 15 is 0 Å². The van der Waals surface area contributed by atoms with Gasteiger partial charge in [0.1, 0.15) is 0 Å². The van der Waals surface area contributed by atoms with Crippen LogP contribution in [0.5, 0.6) is 0 Å². The number of hydrogen-bond acceptors (Lipinski definition) is 1. The molecule has 0 unspecified atom stereocenters. The van der Waals surface area contributed by atoms with E-state index in [4.69, 9.17) is 5.26 Å². The fourth-order valence-corrected chi connectivity index (χ4v) is 0.900. The standard InChI is InChI=1S/C7H4FNSi/c8-10-7-3-1-6(5-9)2-4-7/h1-4H. The molecular formula is C7H4FNSi. The van der Waals surface area contributed by atoms with Gasteiger partial charge in [-0.15, -0.1) is 0 Å². The summed E-state index contributed by atoms with van der Waals surface area (Å²) < 4.78 is 11.9. The highest BCUT2D eigenvalue weighted by atomic mass is 28.3. The number of nitrogens with zero attached hydrogens (tertiary/aromatic N) is 1. The summed E-state index contributed by atoms with van der Waals surface area (Å²) in [6.07, 6.45) is 0. The van der Waals surface area contributed by atoms with Crippen molar-refractivity contribution in [2.24, 2.45) is 0 Å². The summed E-state index contributed by atoms with van der Waals surface area (Å²) in [6.45, 7) is 0. The van der Waals surface area contributed by atoms with Gasteiger partial charge in [0.25, 0.3) is 0 Å². The Labute approximate surface area is 61.1 Å². The smallest absolute Gasteiger partial charge is 0.308 e. The van der Waals surface area contributed by atoms with E-state index in [0.717, 1.165) is 0 Å². The third-order valence-corrected chi connectivity index (χ3v) is 1.67. The first-order chi connectivity index (χ1) is 4.86. The molecule has 1 rings (SSSR count). The van der Waals surface area contributed by atoms with Crippen LogP contribution in [0.3, 0.4) is 0 Å². The van der Waals surface area contributed by atoms with E-state index in [2.05, 4.69) is 0 Å². The van der Waals surface area contributed by atoms with Crippen LogP contribution in [-0.2, 0) is 0 Å². The summed E-state index contributed by atoms with van der Waals surface area (Å²) in [5.41, 5.74) is 0.571. The second-order valence-corrected chi connectivity index (χ2v) is 2.55. The zero-order chi connectivity index (χ0) is 7.40. The Morgan fingerprint density at radius 1 is 1.30 bits per heavy atom. The Morgan fingerprint density at radius 2 is 1.90 bits per heavy atom. The molecule has 0 saturated carbocycles. The number of rotatable bonds is 1. The third-order valence-electron chi connectivity index (χ3n) is 1.12. The van der Waals surface area contributed by atoms with Crippen molar-refractivity contribution in [1.82, 2.24) is 0 Å². The number of benzene rings is 1. The van der Waals surface area contributed by atoms with E-state index in [1.165, 1.54) is 0 Å². The molecule has 10 heavy (non-hydrogen) atoms. The maximum Gasteiger partial charge on any atom is 0.333 e. The fraction of sp³-hybridized carbons (Fsp3) is 0. The molecule has 2 radical (unpaired) electrons. The van der Waals surface area contributed by atoms with Gasteiger partial charge in [0.05, 0.1) is 11.6 Å². The molecule has 0 atom stereocenters. The van der Waals surface area contributed by atoms with Crippen molar-refractivity contribution in [2.75, 3.05) is 0 Å². The van der Waals surface area contributed by atoms with E-state index in [1.807, 2.05) is 6.07 Å². The van der Waals surface area contributed by atoms with Crippen LogP contribution in [-0.4, -0.2) is 9.85 Å². The first-order valence-corrected chi connectivity index (χ1v) is 3.61.